The van der Waals surface area contributed by atoms with E-state index in [1.54, 1.807) is 6.92 Å². The highest BCUT2D eigenvalue weighted by Crippen LogP contribution is 1.80. The van der Waals surface area contributed by atoms with Crippen molar-refractivity contribution in [1.82, 2.24) is 16.0 Å². The molecule has 134 valence electrons. The van der Waals surface area contributed by atoms with Crippen LogP contribution >= 0.6 is 0 Å². The van der Waals surface area contributed by atoms with Crippen molar-refractivity contribution in [2.75, 3.05) is 52.7 Å². The van der Waals surface area contributed by atoms with Crippen LogP contribution in [0.25, 0.3) is 0 Å². The van der Waals surface area contributed by atoms with Gasteiger partial charge in [-0.25, -0.2) is 5.90 Å². The normalized spacial score (nSPS) is 10.2. The summed E-state index contributed by atoms with van der Waals surface area (Å²) < 4.78 is 10.3. The summed E-state index contributed by atoms with van der Waals surface area (Å²) in [5.74, 6) is 4.07. The fourth-order valence-electron chi connectivity index (χ4n) is 1.35. The van der Waals surface area contributed by atoms with Gasteiger partial charge in [-0.1, -0.05) is 6.92 Å². The smallest absolute Gasteiger partial charge is 0.248 e. The predicted octanol–water partition coefficient (Wildman–Crippen LogP) is -2.33. The highest BCUT2D eigenvalue weighted by atomic mass is 16.6. The van der Waals surface area contributed by atoms with E-state index < -0.39 is 0 Å². The van der Waals surface area contributed by atoms with Gasteiger partial charge >= 0.3 is 0 Å². The lowest BCUT2D eigenvalue weighted by Crippen LogP contribution is -2.38. The Hall–Kier alpha value is -1.75. The van der Waals surface area contributed by atoms with E-state index in [0.29, 0.717) is 26.2 Å². The van der Waals surface area contributed by atoms with Gasteiger partial charge in [0.1, 0.15) is 13.2 Å². The molecular formula is C13H26N4O6. The molecule has 23 heavy (non-hydrogen) atoms. The molecule has 0 aliphatic carbocycles. The maximum absolute atomic E-state index is 11.4. The molecular weight excluding hydrogens is 308 g/mol. The number of carbonyl (C=O) groups is 3. The summed E-state index contributed by atoms with van der Waals surface area (Å²) in [6, 6.07) is 0. The summed E-state index contributed by atoms with van der Waals surface area (Å²) in [5.41, 5.74) is 0. The third-order valence-corrected chi connectivity index (χ3v) is 2.48. The van der Waals surface area contributed by atoms with Crippen LogP contribution in [0.2, 0.25) is 0 Å². The van der Waals surface area contributed by atoms with Crippen LogP contribution < -0.4 is 21.8 Å². The molecule has 0 rings (SSSR count). The molecule has 0 aliphatic rings. The Kier molecular flexibility index (Phi) is 14.0. The van der Waals surface area contributed by atoms with Crippen molar-refractivity contribution in [1.29, 1.82) is 0 Å². The molecule has 0 heterocycles. The third-order valence-electron chi connectivity index (χ3n) is 2.48. The summed E-state index contributed by atoms with van der Waals surface area (Å²) in [5, 5.41) is 7.74. The molecule has 0 fully saturated rings. The number of amides is 3. The minimum absolute atomic E-state index is 0.0201. The number of hydrogen-bond donors (Lipinski definition) is 4. The van der Waals surface area contributed by atoms with Crippen LogP contribution in [-0.4, -0.2) is 70.4 Å². The second-order valence-corrected chi connectivity index (χ2v) is 4.38. The Morgan fingerprint density at radius 3 is 1.96 bits per heavy atom. The molecule has 0 aromatic carbocycles. The van der Waals surface area contributed by atoms with Crippen LogP contribution in [0.4, 0.5) is 0 Å². The van der Waals surface area contributed by atoms with E-state index in [0.717, 1.165) is 0 Å². The molecule has 0 aromatic rings. The Morgan fingerprint density at radius 1 is 0.783 bits per heavy atom. The van der Waals surface area contributed by atoms with Crippen LogP contribution in [0.3, 0.4) is 0 Å². The molecule has 0 aromatic heterocycles. The summed E-state index contributed by atoms with van der Waals surface area (Å²) in [6.07, 6.45) is 0.447. The summed E-state index contributed by atoms with van der Waals surface area (Å²) in [6.45, 7) is 3.49. The maximum Gasteiger partial charge on any atom is 0.248 e. The number of nitrogens with one attached hydrogen (secondary N) is 3. The monoisotopic (exact) mass is 334 g/mol. The lowest BCUT2D eigenvalue weighted by molar-refractivity contribution is -0.127. The first-order chi connectivity index (χ1) is 11.1. The van der Waals surface area contributed by atoms with Gasteiger partial charge in [0.2, 0.25) is 17.7 Å². The quantitative estimate of drug-likeness (QED) is 0.206. The van der Waals surface area contributed by atoms with Crippen LogP contribution in [0.5, 0.6) is 0 Å². The Balaban J connectivity index is 3.30. The van der Waals surface area contributed by atoms with Gasteiger partial charge in [-0.3, -0.25) is 19.2 Å². The topological polar surface area (TPSA) is 141 Å². The first-order valence-corrected chi connectivity index (χ1v) is 7.37. The van der Waals surface area contributed by atoms with E-state index in [2.05, 4.69) is 20.8 Å². The van der Waals surface area contributed by atoms with E-state index in [9.17, 15) is 14.4 Å². The second kappa shape index (κ2) is 15.2. The summed E-state index contributed by atoms with van der Waals surface area (Å²) in [7, 11) is 0. The minimum atomic E-state index is -0.356. The average Bonchev–Trinajstić information content (AvgIpc) is 2.54. The number of nitrogens with two attached hydrogens (primary N) is 1. The molecule has 0 spiro atoms. The lowest BCUT2D eigenvalue weighted by atomic mass is 10.4. The van der Waals surface area contributed by atoms with E-state index in [1.807, 2.05) is 0 Å². The number of ether oxygens (including phenoxy) is 2. The van der Waals surface area contributed by atoms with Crippen molar-refractivity contribution in [2.45, 2.75) is 13.3 Å². The second-order valence-electron chi connectivity index (χ2n) is 4.38. The third kappa shape index (κ3) is 14.9. The van der Waals surface area contributed by atoms with Crippen molar-refractivity contribution in [3.63, 3.8) is 0 Å². The molecule has 0 saturated heterocycles. The highest BCUT2D eigenvalue weighted by molar-refractivity contribution is 5.78. The molecule has 0 bridgehead atoms. The fraction of sp³-hybridized carbons (Fsp3) is 0.769. The highest BCUT2D eigenvalue weighted by Gasteiger charge is 2.02. The summed E-state index contributed by atoms with van der Waals surface area (Å²) >= 11 is 0. The van der Waals surface area contributed by atoms with Gasteiger partial charge in [-0.05, 0) is 0 Å². The van der Waals surface area contributed by atoms with Crippen molar-refractivity contribution >= 4 is 17.7 Å². The maximum atomic E-state index is 11.4. The van der Waals surface area contributed by atoms with Gasteiger partial charge in [-0.15, -0.1) is 0 Å². The fourth-order valence-corrected chi connectivity index (χ4v) is 1.35. The zero-order valence-electron chi connectivity index (χ0n) is 13.4. The predicted molar refractivity (Wildman–Crippen MR) is 81.1 cm³/mol. The largest absolute Gasteiger partial charge is 0.377 e. The van der Waals surface area contributed by atoms with Gasteiger partial charge in [0.15, 0.2) is 0 Å². The van der Waals surface area contributed by atoms with Crippen molar-refractivity contribution in [2.24, 2.45) is 5.90 Å². The Morgan fingerprint density at radius 2 is 1.35 bits per heavy atom. The molecule has 0 aliphatic heterocycles. The van der Waals surface area contributed by atoms with Gasteiger partial charge in [0, 0.05) is 26.1 Å². The van der Waals surface area contributed by atoms with E-state index in [-0.39, 0.29) is 50.6 Å². The van der Waals surface area contributed by atoms with Gasteiger partial charge in [-0.2, -0.15) is 0 Å². The van der Waals surface area contributed by atoms with Gasteiger partial charge in [0.05, 0.1) is 19.8 Å². The Bertz CT molecular complexity index is 353. The molecule has 0 unspecified atom stereocenters. The van der Waals surface area contributed by atoms with Gasteiger partial charge < -0.3 is 25.4 Å². The molecule has 0 atom stereocenters. The summed E-state index contributed by atoms with van der Waals surface area (Å²) in [4.78, 5) is 37.4. The first kappa shape index (κ1) is 21.2. The Labute approximate surface area is 135 Å². The van der Waals surface area contributed by atoms with Crippen molar-refractivity contribution < 1.29 is 28.7 Å². The number of carbonyl (C=O) groups excluding carboxylic acids is 3. The molecule has 5 N–H and O–H groups in total. The van der Waals surface area contributed by atoms with Crippen LogP contribution in [0, 0.1) is 0 Å². The molecule has 10 nitrogen and oxygen atoms in total. The molecule has 0 radical (unpaired) electrons. The SMILES string of the molecule is CCC(=O)NCCOCCOCC(=O)NCCNC(=O)CON. The average molecular weight is 334 g/mol. The van der Waals surface area contributed by atoms with Crippen LogP contribution in [0.15, 0.2) is 0 Å². The standard InChI is InChI=1S/C13H26N4O6/c1-2-11(18)17-5-6-21-7-8-22-9-12(19)15-3-4-16-13(20)10-23-14/h2-10,14H2,1H3,(H,15,19)(H,16,20)(H,17,18). The van der Waals surface area contributed by atoms with Crippen LogP contribution in [-0.2, 0) is 28.7 Å². The van der Waals surface area contributed by atoms with Crippen molar-refractivity contribution in [3.05, 3.63) is 0 Å². The zero-order valence-corrected chi connectivity index (χ0v) is 13.4. The van der Waals surface area contributed by atoms with Gasteiger partial charge in [0.25, 0.3) is 0 Å². The molecule has 3 amide bonds. The van der Waals surface area contributed by atoms with Crippen molar-refractivity contribution in [3.8, 4) is 0 Å². The number of hydrogen-bond acceptors (Lipinski definition) is 7. The molecule has 10 heteroatoms. The van der Waals surface area contributed by atoms with E-state index in [4.69, 9.17) is 15.4 Å². The first-order valence-electron chi connectivity index (χ1n) is 7.37. The minimum Gasteiger partial charge on any atom is -0.377 e. The van der Waals surface area contributed by atoms with E-state index in [1.165, 1.54) is 0 Å². The lowest BCUT2D eigenvalue weighted by Gasteiger charge is -2.08. The number of rotatable bonds is 14. The van der Waals surface area contributed by atoms with Crippen LogP contribution in [0.1, 0.15) is 13.3 Å². The zero-order chi connectivity index (χ0) is 17.3. The van der Waals surface area contributed by atoms with E-state index >= 15 is 0 Å². The molecule has 0 saturated carbocycles.